The van der Waals surface area contributed by atoms with Gasteiger partial charge in [0.25, 0.3) is 5.91 Å². The molecule has 5 nitrogen and oxygen atoms in total. The molecule has 0 fully saturated rings. The van der Waals surface area contributed by atoms with E-state index < -0.39 is 0 Å². The average Bonchev–Trinajstić information content (AvgIpc) is 2.74. The van der Waals surface area contributed by atoms with E-state index in [1.807, 2.05) is 49.4 Å². The second kappa shape index (κ2) is 9.46. The van der Waals surface area contributed by atoms with Crippen molar-refractivity contribution in [2.24, 2.45) is 0 Å². The maximum atomic E-state index is 12.6. The van der Waals surface area contributed by atoms with Gasteiger partial charge in [0.15, 0.2) is 0 Å². The predicted molar refractivity (Wildman–Crippen MR) is 109 cm³/mol. The lowest BCUT2D eigenvalue weighted by atomic mass is 10.1. The largest absolute Gasteiger partial charge is 0.497 e. The second-order valence-corrected chi connectivity index (χ2v) is 6.05. The van der Waals surface area contributed by atoms with Crippen LogP contribution in [0.4, 0.5) is 5.69 Å². The van der Waals surface area contributed by atoms with Gasteiger partial charge in [-0.1, -0.05) is 30.3 Å². The van der Waals surface area contributed by atoms with Crippen molar-refractivity contribution in [3.05, 3.63) is 83.9 Å². The van der Waals surface area contributed by atoms with Crippen molar-refractivity contribution in [1.82, 2.24) is 0 Å². The van der Waals surface area contributed by atoms with Crippen LogP contribution in [0.3, 0.4) is 0 Å². The number of carbonyl (C=O) groups is 1. The molecule has 3 rings (SSSR count). The normalized spacial score (nSPS) is 10.2. The molecule has 3 aromatic rings. The lowest BCUT2D eigenvalue weighted by Crippen LogP contribution is -2.13. The number of carbonyl (C=O) groups excluding carboxylic acids is 1. The summed E-state index contributed by atoms with van der Waals surface area (Å²) in [7, 11) is 1.58. The summed E-state index contributed by atoms with van der Waals surface area (Å²) in [5.74, 6) is 1.84. The van der Waals surface area contributed by atoms with Gasteiger partial charge in [-0.25, -0.2) is 0 Å². The van der Waals surface area contributed by atoms with Crippen LogP contribution in [0.15, 0.2) is 72.8 Å². The van der Waals surface area contributed by atoms with Crippen LogP contribution in [-0.2, 0) is 6.61 Å². The Balaban J connectivity index is 1.66. The molecule has 0 atom stereocenters. The number of methoxy groups -OCH3 is 1. The van der Waals surface area contributed by atoms with Gasteiger partial charge in [0.2, 0.25) is 0 Å². The van der Waals surface area contributed by atoms with Crippen LogP contribution in [0.5, 0.6) is 17.2 Å². The minimum atomic E-state index is -0.218. The van der Waals surface area contributed by atoms with E-state index in [2.05, 4.69) is 5.32 Å². The number of anilines is 1. The van der Waals surface area contributed by atoms with E-state index in [1.165, 1.54) is 0 Å². The van der Waals surface area contributed by atoms with Crippen LogP contribution in [0.1, 0.15) is 22.8 Å². The summed E-state index contributed by atoms with van der Waals surface area (Å²) in [6.45, 7) is 2.84. The highest BCUT2D eigenvalue weighted by atomic mass is 16.5. The number of hydrogen-bond donors (Lipinski definition) is 1. The standard InChI is InChI=1S/C23H23NO4/c1-3-27-22-14-13-20(26-2)15-21(22)24-23(25)18-11-9-17(10-12-18)16-28-19-7-5-4-6-8-19/h4-15H,3,16H2,1-2H3,(H,24,25). The van der Waals surface area contributed by atoms with Gasteiger partial charge in [0.05, 0.1) is 19.4 Å². The molecule has 144 valence electrons. The topological polar surface area (TPSA) is 56.8 Å². The van der Waals surface area contributed by atoms with E-state index in [9.17, 15) is 4.79 Å². The van der Waals surface area contributed by atoms with Crippen molar-refractivity contribution >= 4 is 11.6 Å². The van der Waals surface area contributed by atoms with Crippen molar-refractivity contribution in [1.29, 1.82) is 0 Å². The second-order valence-electron chi connectivity index (χ2n) is 6.05. The maximum Gasteiger partial charge on any atom is 0.255 e. The number of hydrogen-bond acceptors (Lipinski definition) is 4. The Morgan fingerprint density at radius 3 is 2.32 bits per heavy atom. The number of amides is 1. The fourth-order valence-electron chi connectivity index (χ4n) is 2.65. The summed E-state index contributed by atoms with van der Waals surface area (Å²) in [5, 5.41) is 2.89. The molecule has 0 bridgehead atoms. The van der Waals surface area contributed by atoms with Gasteiger partial charge >= 0.3 is 0 Å². The molecule has 0 saturated heterocycles. The monoisotopic (exact) mass is 377 g/mol. The Labute approximate surface area is 164 Å². The van der Waals surface area contributed by atoms with Gasteiger partial charge in [-0.05, 0) is 48.9 Å². The van der Waals surface area contributed by atoms with Crippen LogP contribution < -0.4 is 19.5 Å². The minimum absolute atomic E-state index is 0.218. The van der Waals surface area contributed by atoms with Crippen molar-refractivity contribution in [2.45, 2.75) is 13.5 Å². The smallest absolute Gasteiger partial charge is 0.255 e. The lowest BCUT2D eigenvalue weighted by Gasteiger charge is -2.13. The number of nitrogens with one attached hydrogen (secondary N) is 1. The SMILES string of the molecule is CCOc1ccc(OC)cc1NC(=O)c1ccc(COc2ccccc2)cc1. The minimum Gasteiger partial charge on any atom is -0.497 e. The van der Waals surface area contributed by atoms with Crippen LogP contribution >= 0.6 is 0 Å². The first-order valence-corrected chi connectivity index (χ1v) is 9.08. The highest BCUT2D eigenvalue weighted by Crippen LogP contribution is 2.29. The molecule has 1 amide bonds. The van der Waals surface area contributed by atoms with Crippen LogP contribution in [0, 0.1) is 0 Å². The third-order valence-electron chi connectivity index (χ3n) is 4.10. The highest BCUT2D eigenvalue weighted by molar-refractivity contribution is 6.05. The zero-order chi connectivity index (χ0) is 19.8. The molecule has 0 aromatic heterocycles. The molecule has 0 aliphatic carbocycles. The van der Waals surface area contributed by atoms with Crippen LogP contribution in [-0.4, -0.2) is 19.6 Å². The molecule has 0 spiro atoms. The van der Waals surface area contributed by atoms with Gasteiger partial charge in [0.1, 0.15) is 23.9 Å². The first kappa shape index (κ1) is 19.3. The van der Waals surface area contributed by atoms with E-state index in [-0.39, 0.29) is 5.91 Å². The first-order chi connectivity index (χ1) is 13.7. The van der Waals surface area contributed by atoms with Crippen molar-refractivity contribution < 1.29 is 19.0 Å². The fourth-order valence-corrected chi connectivity index (χ4v) is 2.65. The first-order valence-electron chi connectivity index (χ1n) is 9.08. The summed E-state index contributed by atoms with van der Waals surface area (Å²) in [5.41, 5.74) is 2.10. The summed E-state index contributed by atoms with van der Waals surface area (Å²) in [4.78, 5) is 12.6. The molecule has 1 N–H and O–H groups in total. The van der Waals surface area contributed by atoms with Gasteiger partial charge in [-0.3, -0.25) is 4.79 Å². The van der Waals surface area contributed by atoms with Crippen molar-refractivity contribution in [3.8, 4) is 17.2 Å². The number of benzene rings is 3. The summed E-state index contributed by atoms with van der Waals surface area (Å²) < 4.78 is 16.5. The molecular formula is C23H23NO4. The Hall–Kier alpha value is -3.47. The third-order valence-corrected chi connectivity index (χ3v) is 4.10. The van der Waals surface area contributed by atoms with Gasteiger partial charge in [0, 0.05) is 11.6 Å². The van der Waals surface area contributed by atoms with E-state index in [4.69, 9.17) is 14.2 Å². The Bertz CT molecular complexity index is 908. The zero-order valence-corrected chi connectivity index (χ0v) is 16.0. The van der Waals surface area contributed by atoms with Gasteiger partial charge in [-0.15, -0.1) is 0 Å². The fraction of sp³-hybridized carbons (Fsp3) is 0.174. The molecular weight excluding hydrogens is 354 g/mol. The molecule has 0 aliphatic rings. The Kier molecular flexibility index (Phi) is 6.52. The number of para-hydroxylation sites is 1. The van der Waals surface area contributed by atoms with Crippen LogP contribution in [0.2, 0.25) is 0 Å². The van der Waals surface area contributed by atoms with Crippen molar-refractivity contribution in [3.63, 3.8) is 0 Å². The van der Waals surface area contributed by atoms with E-state index in [1.54, 1.807) is 37.4 Å². The molecule has 3 aromatic carbocycles. The average molecular weight is 377 g/mol. The van der Waals surface area contributed by atoms with E-state index in [0.717, 1.165) is 11.3 Å². The molecule has 0 radical (unpaired) electrons. The number of ether oxygens (including phenoxy) is 3. The number of rotatable bonds is 8. The van der Waals surface area contributed by atoms with Crippen molar-refractivity contribution in [2.75, 3.05) is 19.0 Å². The molecule has 0 unspecified atom stereocenters. The molecule has 28 heavy (non-hydrogen) atoms. The van der Waals surface area contributed by atoms with Gasteiger partial charge < -0.3 is 19.5 Å². The quantitative estimate of drug-likeness (QED) is 0.605. The molecule has 0 aliphatic heterocycles. The maximum absolute atomic E-state index is 12.6. The third kappa shape index (κ3) is 5.04. The summed E-state index contributed by atoms with van der Waals surface area (Å²) in [6, 6.07) is 22.3. The van der Waals surface area contributed by atoms with E-state index >= 15 is 0 Å². The molecule has 0 heterocycles. The molecule has 5 heteroatoms. The summed E-state index contributed by atoms with van der Waals surface area (Å²) >= 11 is 0. The summed E-state index contributed by atoms with van der Waals surface area (Å²) in [6.07, 6.45) is 0. The van der Waals surface area contributed by atoms with Gasteiger partial charge in [-0.2, -0.15) is 0 Å². The Morgan fingerprint density at radius 1 is 0.893 bits per heavy atom. The van der Waals surface area contributed by atoms with Crippen LogP contribution in [0.25, 0.3) is 0 Å². The van der Waals surface area contributed by atoms with E-state index in [0.29, 0.717) is 36.0 Å². The lowest BCUT2D eigenvalue weighted by molar-refractivity contribution is 0.102. The highest BCUT2D eigenvalue weighted by Gasteiger charge is 2.11. The Morgan fingerprint density at radius 2 is 1.64 bits per heavy atom. The molecule has 0 saturated carbocycles. The zero-order valence-electron chi connectivity index (χ0n) is 16.0. The predicted octanol–water partition coefficient (Wildman–Crippen LogP) is 4.93.